The molecule has 0 spiro atoms. The zero-order valence-corrected chi connectivity index (χ0v) is 14.4. The lowest BCUT2D eigenvalue weighted by Gasteiger charge is -2.39. The molecule has 0 aliphatic carbocycles. The van der Waals surface area contributed by atoms with Crippen molar-refractivity contribution in [1.29, 1.82) is 0 Å². The summed E-state index contributed by atoms with van der Waals surface area (Å²) in [6.45, 7) is 10.1. The summed E-state index contributed by atoms with van der Waals surface area (Å²) in [6.07, 6.45) is 1.24. The quantitative estimate of drug-likeness (QED) is 0.889. The summed E-state index contributed by atoms with van der Waals surface area (Å²) in [5.41, 5.74) is 2.75. The van der Waals surface area contributed by atoms with Gasteiger partial charge < -0.3 is 10.2 Å². The number of piperazine rings is 1. The molecule has 1 fully saturated rings. The van der Waals surface area contributed by atoms with Crippen molar-refractivity contribution in [2.45, 2.75) is 32.9 Å². The highest BCUT2D eigenvalue weighted by Crippen LogP contribution is 2.26. The second-order valence-electron chi connectivity index (χ2n) is 5.58. The fraction of sp³-hybridized carbons (Fsp3) is 0.625. The van der Waals surface area contributed by atoms with E-state index < -0.39 is 0 Å². The molecule has 0 saturated carbocycles. The molecule has 1 atom stereocenters. The Kier molecular flexibility index (Phi) is 5.87. The van der Waals surface area contributed by atoms with Crippen LogP contribution in [0.25, 0.3) is 0 Å². The topological polar surface area (TPSA) is 18.5 Å². The second-order valence-corrected chi connectivity index (χ2v) is 6.50. The lowest BCUT2D eigenvalue weighted by molar-refractivity contribution is 0.192. The largest absolute Gasteiger partial charge is 0.369 e. The minimum atomic E-state index is 0.705. The van der Waals surface area contributed by atoms with Gasteiger partial charge in [-0.2, -0.15) is 0 Å². The van der Waals surface area contributed by atoms with Crippen LogP contribution in [0.2, 0.25) is 0 Å². The van der Waals surface area contributed by atoms with E-state index >= 15 is 0 Å². The number of benzene rings is 1. The van der Waals surface area contributed by atoms with Crippen LogP contribution >= 0.6 is 15.9 Å². The summed E-state index contributed by atoms with van der Waals surface area (Å²) in [6, 6.07) is 7.31. The van der Waals surface area contributed by atoms with Gasteiger partial charge in [-0.25, -0.2) is 0 Å². The highest BCUT2D eigenvalue weighted by atomic mass is 79.9. The first-order valence-corrected chi connectivity index (χ1v) is 8.37. The monoisotopic (exact) mass is 339 g/mol. The molecular weight excluding hydrogens is 314 g/mol. The Morgan fingerprint density at radius 1 is 1.25 bits per heavy atom. The first-order valence-electron chi connectivity index (χ1n) is 7.57. The number of nitrogens with zero attached hydrogens (tertiary/aromatic N) is 2. The van der Waals surface area contributed by atoms with E-state index in [0.29, 0.717) is 6.04 Å². The van der Waals surface area contributed by atoms with Gasteiger partial charge in [-0.1, -0.05) is 28.9 Å². The maximum absolute atomic E-state index is 3.60. The van der Waals surface area contributed by atoms with E-state index in [1.165, 1.54) is 30.8 Å². The van der Waals surface area contributed by atoms with Crippen molar-refractivity contribution in [3.63, 3.8) is 0 Å². The lowest BCUT2D eigenvalue weighted by Crippen LogP contribution is -2.49. The van der Waals surface area contributed by atoms with Gasteiger partial charge >= 0.3 is 0 Å². The Balaban J connectivity index is 2.08. The van der Waals surface area contributed by atoms with Crippen LogP contribution in [-0.2, 0) is 6.54 Å². The second kappa shape index (κ2) is 7.43. The van der Waals surface area contributed by atoms with Gasteiger partial charge in [-0.15, -0.1) is 0 Å². The third kappa shape index (κ3) is 3.74. The Labute approximate surface area is 131 Å². The molecule has 1 heterocycles. The minimum Gasteiger partial charge on any atom is -0.369 e. The molecule has 1 saturated heterocycles. The first-order chi connectivity index (χ1) is 9.65. The van der Waals surface area contributed by atoms with E-state index in [2.05, 4.69) is 63.1 Å². The molecular formula is C16H26BrN3. The van der Waals surface area contributed by atoms with Crippen molar-refractivity contribution >= 4 is 21.6 Å². The van der Waals surface area contributed by atoms with Crippen LogP contribution in [0.15, 0.2) is 22.7 Å². The Morgan fingerprint density at radius 3 is 2.55 bits per heavy atom. The van der Waals surface area contributed by atoms with E-state index in [4.69, 9.17) is 0 Å². The molecule has 1 unspecified atom stereocenters. The summed E-state index contributed by atoms with van der Waals surface area (Å²) in [4.78, 5) is 5.13. The standard InChI is InChI=1S/C16H26BrN3/c1-4-13(2)19-7-9-20(10-8-19)16-11-15(17)6-5-14(16)12-18-3/h5-6,11,13,18H,4,7-10,12H2,1-3H3. The summed E-state index contributed by atoms with van der Waals surface area (Å²) >= 11 is 3.60. The summed E-state index contributed by atoms with van der Waals surface area (Å²) in [5.74, 6) is 0. The number of nitrogens with one attached hydrogen (secondary N) is 1. The fourth-order valence-corrected chi connectivity index (χ4v) is 3.18. The van der Waals surface area contributed by atoms with Crippen LogP contribution in [0.5, 0.6) is 0 Å². The Bertz CT molecular complexity index is 428. The molecule has 1 aromatic carbocycles. The normalized spacial score (nSPS) is 18.3. The maximum Gasteiger partial charge on any atom is 0.0424 e. The van der Waals surface area contributed by atoms with Gasteiger partial charge in [-0.3, -0.25) is 4.90 Å². The Hall–Kier alpha value is -0.580. The van der Waals surface area contributed by atoms with Crippen molar-refractivity contribution in [3.8, 4) is 0 Å². The third-order valence-electron chi connectivity index (χ3n) is 4.28. The molecule has 1 aromatic rings. The molecule has 1 aliphatic rings. The molecule has 112 valence electrons. The Morgan fingerprint density at radius 2 is 1.95 bits per heavy atom. The molecule has 1 N–H and O–H groups in total. The fourth-order valence-electron chi connectivity index (χ4n) is 2.83. The number of anilines is 1. The molecule has 0 radical (unpaired) electrons. The third-order valence-corrected chi connectivity index (χ3v) is 4.78. The maximum atomic E-state index is 3.60. The SMILES string of the molecule is CCC(C)N1CCN(c2cc(Br)ccc2CNC)CC1. The average molecular weight is 340 g/mol. The molecule has 0 aromatic heterocycles. The smallest absolute Gasteiger partial charge is 0.0424 e. The number of halogens is 1. The van der Waals surface area contributed by atoms with Crippen molar-refractivity contribution in [1.82, 2.24) is 10.2 Å². The number of hydrogen-bond acceptors (Lipinski definition) is 3. The highest BCUT2D eigenvalue weighted by Gasteiger charge is 2.21. The zero-order valence-electron chi connectivity index (χ0n) is 12.8. The molecule has 3 nitrogen and oxygen atoms in total. The summed E-state index contributed by atoms with van der Waals surface area (Å²) in [7, 11) is 2.01. The van der Waals surface area contributed by atoms with Crippen LogP contribution in [0.3, 0.4) is 0 Å². The minimum absolute atomic E-state index is 0.705. The van der Waals surface area contributed by atoms with Gasteiger partial charge in [0.2, 0.25) is 0 Å². The van der Waals surface area contributed by atoms with E-state index in [9.17, 15) is 0 Å². The van der Waals surface area contributed by atoms with Crippen LogP contribution in [0.4, 0.5) is 5.69 Å². The first kappa shape index (κ1) is 15.8. The van der Waals surface area contributed by atoms with Crippen LogP contribution in [0.1, 0.15) is 25.8 Å². The molecule has 0 bridgehead atoms. The molecule has 4 heteroatoms. The lowest BCUT2D eigenvalue weighted by atomic mass is 10.1. The van der Waals surface area contributed by atoms with Gasteiger partial charge in [0.15, 0.2) is 0 Å². The molecule has 0 amide bonds. The van der Waals surface area contributed by atoms with Crippen LogP contribution in [0, 0.1) is 0 Å². The number of hydrogen-bond donors (Lipinski definition) is 1. The van der Waals surface area contributed by atoms with Crippen molar-refractivity contribution < 1.29 is 0 Å². The van der Waals surface area contributed by atoms with Crippen molar-refractivity contribution in [2.24, 2.45) is 0 Å². The molecule has 1 aliphatic heterocycles. The van der Waals surface area contributed by atoms with E-state index in [-0.39, 0.29) is 0 Å². The van der Waals surface area contributed by atoms with Gasteiger partial charge in [-0.05, 0) is 38.1 Å². The summed E-state index contributed by atoms with van der Waals surface area (Å²) in [5, 5.41) is 3.27. The average Bonchev–Trinajstić information content (AvgIpc) is 2.48. The van der Waals surface area contributed by atoms with Crippen molar-refractivity contribution in [2.75, 3.05) is 38.1 Å². The van der Waals surface area contributed by atoms with Gasteiger partial charge in [0.1, 0.15) is 0 Å². The van der Waals surface area contributed by atoms with E-state index in [1.54, 1.807) is 0 Å². The van der Waals surface area contributed by atoms with E-state index in [0.717, 1.165) is 24.1 Å². The zero-order chi connectivity index (χ0) is 14.5. The van der Waals surface area contributed by atoms with Gasteiger partial charge in [0.05, 0.1) is 0 Å². The molecule has 20 heavy (non-hydrogen) atoms. The van der Waals surface area contributed by atoms with Crippen LogP contribution in [-0.4, -0.2) is 44.2 Å². The predicted molar refractivity (Wildman–Crippen MR) is 90.4 cm³/mol. The van der Waals surface area contributed by atoms with Gasteiger partial charge in [0.25, 0.3) is 0 Å². The molecule has 2 rings (SSSR count). The highest BCUT2D eigenvalue weighted by molar-refractivity contribution is 9.10. The van der Waals surface area contributed by atoms with E-state index in [1.807, 2.05) is 7.05 Å². The van der Waals surface area contributed by atoms with Crippen molar-refractivity contribution in [3.05, 3.63) is 28.2 Å². The summed E-state index contributed by atoms with van der Waals surface area (Å²) < 4.78 is 1.16. The number of rotatable bonds is 5. The predicted octanol–water partition coefficient (Wildman–Crippen LogP) is 3.09. The van der Waals surface area contributed by atoms with Gasteiger partial charge in [0, 0.05) is 48.9 Å². The van der Waals surface area contributed by atoms with Crippen LogP contribution < -0.4 is 10.2 Å².